The molecule has 0 saturated heterocycles. The summed E-state index contributed by atoms with van der Waals surface area (Å²) in [6, 6.07) is 7.52. The second-order valence-electron chi connectivity index (χ2n) is 5.08. The van der Waals surface area contributed by atoms with Gasteiger partial charge in [-0.1, -0.05) is 6.07 Å². The molecule has 2 N–H and O–H groups in total. The number of rotatable bonds is 7. The minimum absolute atomic E-state index is 0.0385. The first kappa shape index (κ1) is 15.5. The molecule has 0 aliphatic rings. The summed E-state index contributed by atoms with van der Waals surface area (Å²) in [5, 5.41) is 6.10. The standard InChI is InChI=1S/C15H24N2O2/c1-5-16-14(18)12-7-6-8-13(11-12)17-10-9-15(2,3)19-4/h6-8,11,17H,5,9-10H2,1-4H3,(H,16,18). The molecule has 4 heteroatoms. The van der Waals surface area contributed by atoms with E-state index in [1.165, 1.54) is 0 Å². The minimum atomic E-state index is -0.135. The summed E-state index contributed by atoms with van der Waals surface area (Å²) in [4.78, 5) is 11.7. The molecule has 4 nitrogen and oxygen atoms in total. The zero-order valence-corrected chi connectivity index (χ0v) is 12.2. The molecule has 0 saturated carbocycles. The summed E-state index contributed by atoms with van der Waals surface area (Å²) in [6.45, 7) is 7.46. The smallest absolute Gasteiger partial charge is 0.251 e. The van der Waals surface area contributed by atoms with Gasteiger partial charge < -0.3 is 15.4 Å². The van der Waals surface area contributed by atoms with E-state index in [9.17, 15) is 4.79 Å². The number of benzene rings is 1. The van der Waals surface area contributed by atoms with Gasteiger partial charge in [-0.2, -0.15) is 0 Å². The van der Waals surface area contributed by atoms with Crippen LogP contribution < -0.4 is 10.6 Å². The Labute approximate surface area is 115 Å². The van der Waals surface area contributed by atoms with Crippen molar-refractivity contribution in [3.63, 3.8) is 0 Å². The van der Waals surface area contributed by atoms with E-state index in [1.54, 1.807) is 7.11 Å². The number of hydrogen-bond donors (Lipinski definition) is 2. The van der Waals surface area contributed by atoms with Gasteiger partial charge in [0.15, 0.2) is 0 Å². The van der Waals surface area contributed by atoms with Crippen LogP contribution in [0.5, 0.6) is 0 Å². The number of carbonyl (C=O) groups excluding carboxylic acids is 1. The van der Waals surface area contributed by atoms with Crippen molar-refractivity contribution in [3.05, 3.63) is 29.8 Å². The van der Waals surface area contributed by atoms with Crippen molar-refractivity contribution < 1.29 is 9.53 Å². The number of amides is 1. The van der Waals surface area contributed by atoms with Gasteiger partial charge in [0, 0.05) is 31.5 Å². The highest BCUT2D eigenvalue weighted by Crippen LogP contribution is 2.15. The number of methoxy groups -OCH3 is 1. The van der Waals surface area contributed by atoms with Crippen LogP contribution in [-0.2, 0) is 4.74 Å². The molecular weight excluding hydrogens is 240 g/mol. The van der Waals surface area contributed by atoms with Crippen LogP contribution in [0.25, 0.3) is 0 Å². The van der Waals surface area contributed by atoms with E-state index in [4.69, 9.17) is 4.74 Å². The average molecular weight is 264 g/mol. The van der Waals surface area contributed by atoms with E-state index in [1.807, 2.05) is 31.2 Å². The van der Waals surface area contributed by atoms with E-state index >= 15 is 0 Å². The van der Waals surface area contributed by atoms with Gasteiger partial charge in [-0.25, -0.2) is 0 Å². The van der Waals surface area contributed by atoms with E-state index in [0.717, 1.165) is 18.7 Å². The van der Waals surface area contributed by atoms with Crippen LogP contribution in [0.15, 0.2) is 24.3 Å². The van der Waals surface area contributed by atoms with Gasteiger partial charge >= 0.3 is 0 Å². The fourth-order valence-electron chi connectivity index (χ4n) is 1.64. The van der Waals surface area contributed by atoms with Gasteiger partial charge in [0.25, 0.3) is 5.91 Å². The Bertz CT molecular complexity index is 416. The summed E-state index contributed by atoms with van der Waals surface area (Å²) in [7, 11) is 1.72. The Morgan fingerprint density at radius 3 is 2.74 bits per heavy atom. The highest BCUT2D eigenvalue weighted by Gasteiger charge is 2.15. The van der Waals surface area contributed by atoms with Gasteiger partial charge in [0.05, 0.1) is 5.60 Å². The number of hydrogen-bond acceptors (Lipinski definition) is 3. The number of carbonyl (C=O) groups is 1. The molecule has 1 aromatic rings. The second-order valence-corrected chi connectivity index (χ2v) is 5.08. The molecule has 0 unspecified atom stereocenters. The average Bonchev–Trinajstić information content (AvgIpc) is 2.39. The first-order chi connectivity index (χ1) is 8.98. The lowest BCUT2D eigenvalue weighted by atomic mass is 10.1. The van der Waals surface area contributed by atoms with Crippen LogP contribution in [0.3, 0.4) is 0 Å². The topological polar surface area (TPSA) is 50.4 Å². The van der Waals surface area contributed by atoms with Gasteiger partial charge in [0.2, 0.25) is 0 Å². The SMILES string of the molecule is CCNC(=O)c1cccc(NCCC(C)(C)OC)c1. The molecule has 1 amide bonds. The highest BCUT2D eigenvalue weighted by molar-refractivity contribution is 5.95. The zero-order chi connectivity index (χ0) is 14.3. The molecule has 0 bridgehead atoms. The number of anilines is 1. The molecule has 0 radical (unpaired) electrons. The fraction of sp³-hybridized carbons (Fsp3) is 0.533. The third-order valence-electron chi connectivity index (χ3n) is 3.07. The lowest BCUT2D eigenvalue weighted by Crippen LogP contribution is -2.26. The molecule has 1 rings (SSSR count). The number of ether oxygens (including phenoxy) is 1. The van der Waals surface area contributed by atoms with Crippen LogP contribution in [0, 0.1) is 0 Å². The maximum absolute atomic E-state index is 11.7. The second kappa shape index (κ2) is 7.14. The Balaban J connectivity index is 2.55. The Morgan fingerprint density at radius 2 is 2.11 bits per heavy atom. The Morgan fingerprint density at radius 1 is 1.37 bits per heavy atom. The van der Waals surface area contributed by atoms with E-state index in [0.29, 0.717) is 12.1 Å². The van der Waals surface area contributed by atoms with E-state index in [-0.39, 0.29) is 11.5 Å². The van der Waals surface area contributed by atoms with Gasteiger partial charge in [-0.15, -0.1) is 0 Å². The molecular formula is C15H24N2O2. The van der Waals surface area contributed by atoms with Crippen molar-refractivity contribution in [2.24, 2.45) is 0 Å². The molecule has 0 fully saturated rings. The molecule has 106 valence electrons. The van der Waals surface area contributed by atoms with Crippen molar-refractivity contribution in [3.8, 4) is 0 Å². The molecule has 1 aromatic carbocycles. The van der Waals surface area contributed by atoms with E-state index in [2.05, 4.69) is 24.5 Å². The Hall–Kier alpha value is -1.55. The summed E-state index contributed by atoms with van der Waals surface area (Å²) in [5.74, 6) is -0.0385. The van der Waals surface area contributed by atoms with Gasteiger partial charge in [0.1, 0.15) is 0 Å². The summed E-state index contributed by atoms with van der Waals surface area (Å²) in [5.41, 5.74) is 1.50. The van der Waals surface area contributed by atoms with Crippen LogP contribution in [0.1, 0.15) is 37.6 Å². The normalized spacial score (nSPS) is 11.2. The molecule has 0 spiro atoms. The maximum atomic E-state index is 11.7. The predicted molar refractivity (Wildman–Crippen MR) is 78.6 cm³/mol. The van der Waals surface area contributed by atoms with Crippen LogP contribution in [-0.4, -0.2) is 31.7 Å². The monoisotopic (exact) mass is 264 g/mol. The van der Waals surface area contributed by atoms with Crippen molar-refractivity contribution >= 4 is 11.6 Å². The lowest BCUT2D eigenvalue weighted by molar-refractivity contribution is 0.0185. The third-order valence-corrected chi connectivity index (χ3v) is 3.07. The minimum Gasteiger partial charge on any atom is -0.385 e. The summed E-state index contributed by atoms with van der Waals surface area (Å²) in [6.07, 6.45) is 0.898. The molecule has 0 aliphatic heterocycles. The van der Waals surface area contributed by atoms with Crippen molar-refractivity contribution in [2.75, 3.05) is 25.5 Å². The van der Waals surface area contributed by atoms with Crippen molar-refractivity contribution in [1.82, 2.24) is 5.32 Å². The van der Waals surface area contributed by atoms with E-state index < -0.39 is 0 Å². The van der Waals surface area contributed by atoms with Crippen LogP contribution >= 0.6 is 0 Å². The van der Waals surface area contributed by atoms with Crippen molar-refractivity contribution in [1.29, 1.82) is 0 Å². The van der Waals surface area contributed by atoms with Gasteiger partial charge in [-0.3, -0.25) is 4.79 Å². The summed E-state index contributed by atoms with van der Waals surface area (Å²) >= 11 is 0. The van der Waals surface area contributed by atoms with Crippen molar-refractivity contribution in [2.45, 2.75) is 32.8 Å². The maximum Gasteiger partial charge on any atom is 0.251 e. The summed E-state index contributed by atoms with van der Waals surface area (Å²) < 4.78 is 5.37. The zero-order valence-electron chi connectivity index (χ0n) is 12.2. The third kappa shape index (κ3) is 5.30. The molecule has 0 heterocycles. The predicted octanol–water partition coefficient (Wildman–Crippen LogP) is 2.66. The number of nitrogens with one attached hydrogen (secondary N) is 2. The lowest BCUT2D eigenvalue weighted by Gasteiger charge is -2.23. The van der Waals surface area contributed by atoms with Crippen LogP contribution in [0.4, 0.5) is 5.69 Å². The Kier molecular flexibility index (Phi) is 5.83. The first-order valence-corrected chi connectivity index (χ1v) is 6.66. The highest BCUT2D eigenvalue weighted by atomic mass is 16.5. The molecule has 19 heavy (non-hydrogen) atoms. The quantitative estimate of drug-likeness (QED) is 0.796. The molecule has 0 aliphatic carbocycles. The van der Waals surface area contributed by atoms with Crippen LogP contribution in [0.2, 0.25) is 0 Å². The molecule has 0 aromatic heterocycles. The van der Waals surface area contributed by atoms with Gasteiger partial charge in [-0.05, 0) is 45.4 Å². The fourth-order valence-corrected chi connectivity index (χ4v) is 1.64. The largest absolute Gasteiger partial charge is 0.385 e. The first-order valence-electron chi connectivity index (χ1n) is 6.66. The molecule has 0 atom stereocenters.